The summed E-state index contributed by atoms with van der Waals surface area (Å²) in [5.41, 5.74) is 5.64. The molecule has 4 aliphatic rings. The third-order valence-electron chi connectivity index (χ3n) is 12.0. The van der Waals surface area contributed by atoms with Crippen molar-refractivity contribution in [2.45, 2.75) is 134 Å². The monoisotopic (exact) mass is 635 g/mol. The first-order valence-electron chi connectivity index (χ1n) is 17.8. The highest BCUT2D eigenvalue weighted by atomic mass is 16.7. The van der Waals surface area contributed by atoms with Crippen molar-refractivity contribution in [2.24, 2.45) is 34.8 Å². The maximum atomic E-state index is 13.0. The number of nitrogens with one attached hydrogen (secondary N) is 4. The molecule has 260 valence electrons. The smallest absolute Gasteiger partial charge is 0.185 e. The van der Waals surface area contributed by atoms with Crippen molar-refractivity contribution in [3.63, 3.8) is 0 Å². The van der Waals surface area contributed by atoms with Crippen molar-refractivity contribution in [3.8, 4) is 0 Å². The van der Waals surface area contributed by atoms with E-state index in [1.165, 1.54) is 6.42 Å². The van der Waals surface area contributed by atoms with Gasteiger partial charge in [0.05, 0.1) is 30.8 Å². The highest BCUT2D eigenvalue weighted by Gasteiger charge is 2.72. The van der Waals surface area contributed by atoms with Crippen LogP contribution in [0.3, 0.4) is 0 Å². The fourth-order valence-corrected chi connectivity index (χ4v) is 8.97. The quantitative estimate of drug-likeness (QED) is 0.132. The van der Waals surface area contributed by atoms with Crippen LogP contribution in [0.5, 0.6) is 0 Å². The normalized spacial score (nSPS) is 41.0. The summed E-state index contributed by atoms with van der Waals surface area (Å²) in [6.45, 7) is 12.8. The first-order valence-corrected chi connectivity index (χ1v) is 17.8. The molecule has 4 rings (SSSR count). The van der Waals surface area contributed by atoms with Gasteiger partial charge in [-0.3, -0.25) is 4.79 Å². The minimum absolute atomic E-state index is 0.0286. The summed E-state index contributed by atoms with van der Waals surface area (Å²) in [6.07, 6.45) is 7.75. The van der Waals surface area contributed by atoms with Gasteiger partial charge in [-0.2, -0.15) is 0 Å². The minimum atomic E-state index is -0.795. The van der Waals surface area contributed by atoms with E-state index in [2.05, 4.69) is 48.1 Å². The molecule has 1 saturated heterocycles. The number of Topliss-reactive ketones (excluding diaryl/α,β-unsaturated/α-hetero) is 1. The van der Waals surface area contributed by atoms with E-state index in [0.717, 1.165) is 50.8 Å². The molecule has 10 nitrogen and oxygen atoms in total. The Labute approximate surface area is 272 Å². The molecule has 2 heterocycles. The number of likely N-dealkylation sites (N-methyl/N-ethyl adjacent to an activating group) is 1. The third-order valence-corrected chi connectivity index (χ3v) is 12.0. The number of unbranched alkanes of at least 4 members (excludes halogenated alkanes) is 1. The van der Waals surface area contributed by atoms with Crippen LogP contribution in [-0.2, 0) is 19.0 Å². The summed E-state index contributed by atoms with van der Waals surface area (Å²) in [4.78, 5) is 13.0. The number of hydrogen-bond donors (Lipinski definition) is 6. The molecule has 7 N–H and O–H groups in total. The molecule has 0 aromatic heterocycles. The van der Waals surface area contributed by atoms with Crippen LogP contribution < -0.4 is 27.0 Å². The van der Waals surface area contributed by atoms with Gasteiger partial charge in [0.2, 0.25) is 0 Å². The van der Waals surface area contributed by atoms with Crippen molar-refractivity contribution in [1.82, 2.24) is 21.3 Å². The summed E-state index contributed by atoms with van der Waals surface area (Å²) in [5, 5.41) is 25.6. The van der Waals surface area contributed by atoms with E-state index in [9.17, 15) is 9.90 Å². The minimum Gasteiger partial charge on any atom is -0.493 e. The fourth-order valence-electron chi connectivity index (χ4n) is 8.97. The molecule has 45 heavy (non-hydrogen) atoms. The van der Waals surface area contributed by atoms with Crippen LogP contribution in [-0.4, -0.2) is 100.0 Å². The summed E-state index contributed by atoms with van der Waals surface area (Å²) >= 11 is 0. The molecule has 2 aliphatic heterocycles. The first-order chi connectivity index (χ1) is 21.5. The lowest BCUT2D eigenvalue weighted by Crippen LogP contribution is -2.65. The molecule has 0 bridgehead atoms. The zero-order valence-corrected chi connectivity index (χ0v) is 29.4. The second-order valence-electron chi connectivity index (χ2n) is 14.9. The van der Waals surface area contributed by atoms with Crippen LogP contribution in [0, 0.1) is 29.1 Å². The van der Waals surface area contributed by atoms with E-state index in [1.807, 2.05) is 35.0 Å². The van der Waals surface area contributed by atoms with Crippen LogP contribution in [0.15, 0.2) is 11.8 Å². The van der Waals surface area contributed by atoms with Crippen molar-refractivity contribution in [2.75, 3.05) is 40.8 Å². The molecule has 0 aromatic carbocycles. The molecular weight excluding hydrogens is 570 g/mol. The number of ketones is 1. The number of carbonyl (C=O) groups excluding carboxylic acids is 1. The molecule has 0 amide bonds. The zero-order valence-electron chi connectivity index (χ0n) is 29.4. The largest absolute Gasteiger partial charge is 0.493 e. The van der Waals surface area contributed by atoms with Gasteiger partial charge in [-0.25, -0.2) is 0 Å². The van der Waals surface area contributed by atoms with Gasteiger partial charge >= 0.3 is 0 Å². The van der Waals surface area contributed by atoms with Gasteiger partial charge in [0.25, 0.3) is 0 Å². The molecule has 10 heteroatoms. The molecule has 0 spiro atoms. The van der Waals surface area contributed by atoms with Crippen LogP contribution in [0.1, 0.15) is 86.0 Å². The number of fused-ring (bicyclic) bond motifs is 1. The Balaban J connectivity index is 1.63. The maximum absolute atomic E-state index is 13.0. The Morgan fingerprint density at radius 1 is 1.22 bits per heavy atom. The van der Waals surface area contributed by atoms with Gasteiger partial charge in [-0.15, -0.1) is 0 Å². The lowest BCUT2D eigenvalue weighted by molar-refractivity contribution is -0.270. The van der Waals surface area contributed by atoms with E-state index in [4.69, 9.17) is 19.9 Å². The molecule has 2 saturated carbocycles. The molecule has 13 atom stereocenters. The van der Waals surface area contributed by atoms with Crippen molar-refractivity contribution in [1.29, 1.82) is 0 Å². The summed E-state index contributed by atoms with van der Waals surface area (Å²) in [6, 6.07) is -0.263. The summed E-state index contributed by atoms with van der Waals surface area (Å²) < 4.78 is 20.0. The Morgan fingerprint density at radius 2 is 1.98 bits per heavy atom. The number of aliphatic hydroxyl groups is 1. The number of carbonyl (C=O) groups is 1. The second kappa shape index (κ2) is 15.9. The SMILES string of the molecule is CCCC(=O)C(C)NC1CC(NC)C(C2OC(CN)=CCC2C(C)CCCCNC)C(C)C1OC1OCC2(C)CC2(NC)C1O. The van der Waals surface area contributed by atoms with Gasteiger partial charge < -0.3 is 46.3 Å². The van der Waals surface area contributed by atoms with Gasteiger partial charge in [0, 0.05) is 35.8 Å². The third kappa shape index (κ3) is 7.64. The zero-order chi connectivity index (χ0) is 32.9. The molecule has 0 radical (unpaired) electrons. The number of hydrogen-bond acceptors (Lipinski definition) is 10. The summed E-state index contributed by atoms with van der Waals surface area (Å²) in [5.74, 6) is 2.09. The van der Waals surface area contributed by atoms with Gasteiger partial charge in [-0.05, 0) is 84.6 Å². The number of rotatable bonds is 17. The Bertz CT molecular complexity index is 999. The highest BCUT2D eigenvalue weighted by Crippen LogP contribution is 2.61. The van der Waals surface area contributed by atoms with E-state index in [0.29, 0.717) is 31.4 Å². The molecule has 13 unspecified atom stereocenters. The van der Waals surface area contributed by atoms with E-state index in [1.54, 1.807) is 0 Å². The Hall–Kier alpha value is -1.11. The molecule has 2 aliphatic carbocycles. The standard InChI is InChI=1S/C35H65N5O5/c1-9-12-28(41)23(4)40-27-17-26(38-7)29(31-25(15-14-24(18-36)44-31)21(2)13-10-11-16-37-6)22(3)30(27)45-33-32(42)35(39-8)19-34(35,5)20-43-33/h14,21-23,25-27,29-33,37-40,42H,9-13,15-20,36H2,1-8H3. The van der Waals surface area contributed by atoms with E-state index >= 15 is 0 Å². The molecule has 3 fully saturated rings. The van der Waals surface area contributed by atoms with Gasteiger partial charge in [0.15, 0.2) is 6.29 Å². The van der Waals surface area contributed by atoms with Crippen molar-refractivity contribution >= 4 is 5.78 Å². The number of aliphatic hydroxyl groups excluding tert-OH is 1. The number of allylic oxidation sites excluding steroid dienone is 1. The topological polar surface area (TPSA) is 139 Å². The predicted molar refractivity (Wildman–Crippen MR) is 179 cm³/mol. The van der Waals surface area contributed by atoms with Crippen molar-refractivity contribution < 1.29 is 24.1 Å². The van der Waals surface area contributed by atoms with Crippen LogP contribution in [0.4, 0.5) is 0 Å². The second-order valence-corrected chi connectivity index (χ2v) is 14.9. The fraction of sp³-hybridized carbons (Fsp3) is 0.914. The maximum Gasteiger partial charge on any atom is 0.185 e. The Morgan fingerprint density at radius 3 is 2.62 bits per heavy atom. The average Bonchev–Trinajstić information content (AvgIpc) is 3.68. The van der Waals surface area contributed by atoms with Crippen LogP contribution >= 0.6 is 0 Å². The highest BCUT2D eigenvalue weighted by molar-refractivity contribution is 5.83. The van der Waals surface area contributed by atoms with Crippen LogP contribution in [0.2, 0.25) is 0 Å². The van der Waals surface area contributed by atoms with Crippen molar-refractivity contribution in [3.05, 3.63) is 11.8 Å². The van der Waals surface area contributed by atoms with E-state index < -0.39 is 17.9 Å². The summed E-state index contributed by atoms with van der Waals surface area (Å²) in [7, 11) is 5.96. The predicted octanol–water partition coefficient (Wildman–Crippen LogP) is 2.69. The number of nitrogens with two attached hydrogens (primary N) is 1. The Kier molecular flexibility index (Phi) is 12.9. The lowest BCUT2D eigenvalue weighted by Gasteiger charge is -2.53. The first kappa shape index (κ1) is 36.7. The molecular formula is C35H65N5O5. The van der Waals surface area contributed by atoms with Gasteiger partial charge in [-0.1, -0.05) is 40.5 Å². The van der Waals surface area contributed by atoms with E-state index in [-0.39, 0.29) is 53.4 Å². The number of ether oxygens (including phenoxy) is 3. The molecule has 0 aromatic rings. The average molecular weight is 636 g/mol. The van der Waals surface area contributed by atoms with Gasteiger partial charge in [0.1, 0.15) is 23.8 Å². The lowest BCUT2D eigenvalue weighted by atomic mass is 9.64. The van der Waals surface area contributed by atoms with Crippen LogP contribution in [0.25, 0.3) is 0 Å².